The molecule has 1 aromatic rings. The van der Waals surface area contributed by atoms with Gasteiger partial charge in [-0.15, -0.1) is 0 Å². The summed E-state index contributed by atoms with van der Waals surface area (Å²) in [6.07, 6.45) is 0. The van der Waals surface area contributed by atoms with E-state index in [0.717, 1.165) is 5.56 Å². The van der Waals surface area contributed by atoms with Crippen molar-refractivity contribution in [3.05, 3.63) is 35.1 Å². The Hall–Kier alpha value is -1.91. The van der Waals surface area contributed by atoms with Gasteiger partial charge in [0.25, 0.3) is 0 Å². The summed E-state index contributed by atoms with van der Waals surface area (Å²) in [5, 5.41) is 7.91. The van der Waals surface area contributed by atoms with Crippen molar-refractivity contribution < 1.29 is 9.18 Å². The Morgan fingerprint density at radius 1 is 1.53 bits per heavy atom. The highest BCUT2D eigenvalue weighted by Gasteiger charge is 2.26. The highest BCUT2D eigenvalue weighted by molar-refractivity contribution is 6.01. The van der Waals surface area contributed by atoms with Gasteiger partial charge in [-0.1, -0.05) is 6.07 Å². The summed E-state index contributed by atoms with van der Waals surface area (Å²) < 4.78 is 13.1. The second kappa shape index (κ2) is 4.16. The van der Waals surface area contributed by atoms with Crippen LogP contribution in [-0.2, 0) is 11.3 Å². The van der Waals surface area contributed by atoms with E-state index < -0.39 is 0 Å². The first-order chi connectivity index (χ1) is 7.99. The summed E-state index contributed by atoms with van der Waals surface area (Å²) in [7, 11) is 3.35. The normalized spacial score (nSPS) is 13.8. The smallest absolute Gasteiger partial charge is 0.241 e. The lowest BCUT2D eigenvalue weighted by molar-refractivity contribution is -0.129. The van der Waals surface area contributed by atoms with Gasteiger partial charge in [0, 0.05) is 26.2 Å². The van der Waals surface area contributed by atoms with E-state index in [1.54, 1.807) is 25.1 Å². The number of hydrogen-bond acceptors (Lipinski definition) is 2. The second-order valence-corrected chi connectivity index (χ2v) is 4.29. The lowest BCUT2D eigenvalue weighted by Gasteiger charge is -2.19. The lowest BCUT2D eigenvalue weighted by Crippen LogP contribution is -2.36. The first kappa shape index (κ1) is 11.6. The minimum atomic E-state index is -0.353. The van der Waals surface area contributed by atoms with Gasteiger partial charge in [0.2, 0.25) is 5.91 Å². The Morgan fingerprint density at radius 3 is 2.88 bits per heavy atom. The van der Waals surface area contributed by atoms with Crippen LogP contribution in [0, 0.1) is 11.2 Å². The number of nitrogens with zero attached hydrogens (tertiary/aromatic N) is 2. The maximum atomic E-state index is 13.1. The van der Waals surface area contributed by atoms with Crippen LogP contribution >= 0.6 is 0 Å². The van der Waals surface area contributed by atoms with Gasteiger partial charge in [0.15, 0.2) is 0 Å². The van der Waals surface area contributed by atoms with E-state index in [1.807, 2.05) is 0 Å². The van der Waals surface area contributed by atoms with Crippen LogP contribution < -0.4 is 0 Å². The minimum absolute atomic E-state index is 0.0666. The predicted molar refractivity (Wildman–Crippen MR) is 62.3 cm³/mol. The van der Waals surface area contributed by atoms with Crippen molar-refractivity contribution in [1.82, 2.24) is 9.80 Å². The molecular formula is C12H14FN3O. The summed E-state index contributed by atoms with van der Waals surface area (Å²) in [6, 6.07) is 4.39. The van der Waals surface area contributed by atoms with Crippen molar-refractivity contribution in [3.63, 3.8) is 0 Å². The molecular weight excluding hydrogens is 221 g/mol. The molecule has 17 heavy (non-hydrogen) atoms. The maximum absolute atomic E-state index is 13.1. The molecule has 0 atom stereocenters. The number of nitrogens with one attached hydrogen (secondary N) is 1. The second-order valence-electron chi connectivity index (χ2n) is 4.29. The number of fused-ring (bicyclic) bond motifs is 1. The zero-order valence-electron chi connectivity index (χ0n) is 9.83. The Kier molecular flexibility index (Phi) is 2.83. The van der Waals surface area contributed by atoms with Gasteiger partial charge in [-0.05, 0) is 17.7 Å². The molecule has 2 rings (SSSR count). The minimum Gasteiger partial charge on any atom is -0.347 e. The molecule has 0 radical (unpaired) electrons. The first-order valence-corrected chi connectivity index (χ1v) is 5.31. The predicted octanol–water partition coefficient (Wildman–Crippen LogP) is 1.05. The Labute approximate surface area is 99.1 Å². The Morgan fingerprint density at radius 2 is 2.24 bits per heavy atom. The van der Waals surface area contributed by atoms with Crippen molar-refractivity contribution in [2.24, 2.45) is 0 Å². The number of likely N-dealkylation sites (N-methyl/N-ethyl adjacent to an activating group) is 1. The largest absolute Gasteiger partial charge is 0.347 e. The first-order valence-electron chi connectivity index (χ1n) is 5.31. The van der Waals surface area contributed by atoms with Crippen LogP contribution in [0.5, 0.6) is 0 Å². The fourth-order valence-corrected chi connectivity index (χ4v) is 1.80. The number of carbonyl (C=O) groups is 1. The zero-order valence-corrected chi connectivity index (χ0v) is 9.83. The van der Waals surface area contributed by atoms with Gasteiger partial charge < -0.3 is 9.80 Å². The van der Waals surface area contributed by atoms with Crippen LogP contribution in [0.25, 0.3) is 0 Å². The summed E-state index contributed by atoms with van der Waals surface area (Å²) >= 11 is 0. The summed E-state index contributed by atoms with van der Waals surface area (Å²) in [5.74, 6) is -0.202. The Bertz CT molecular complexity index is 485. The van der Waals surface area contributed by atoms with Crippen LogP contribution in [0.4, 0.5) is 4.39 Å². The van der Waals surface area contributed by atoms with Crippen molar-refractivity contribution in [2.45, 2.75) is 6.54 Å². The van der Waals surface area contributed by atoms with E-state index in [1.165, 1.54) is 17.0 Å². The number of carbonyl (C=O) groups excluding carboxylic acids is 1. The molecule has 90 valence electrons. The highest BCUT2D eigenvalue weighted by Crippen LogP contribution is 2.23. The molecule has 4 nitrogen and oxygen atoms in total. The third kappa shape index (κ3) is 2.13. The van der Waals surface area contributed by atoms with Crippen molar-refractivity contribution in [3.8, 4) is 0 Å². The molecule has 1 aliphatic heterocycles. The van der Waals surface area contributed by atoms with Crippen LogP contribution in [0.3, 0.4) is 0 Å². The van der Waals surface area contributed by atoms with E-state index in [2.05, 4.69) is 0 Å². The molecule has 0 aromatic heterocycles. The third-order valence-electron chi connectivity index (χ3n) is 2.83. The molecule has 0 saturated carbocycles. The van der Waals surface area contributed by atoms with Crippen LogP contribution in [-0.4, -0.2) is 42.2 Å². The molecule has 1 amide bonds. The molecule has 1 aromatic carbocycles. The molecule has 0 fully saturated rings. The van der Waals surface area contributed by atoms with Gasteiger partial charge in [-0.3, -0.25) is 10.2 Å². The maximum Gasteiger partial charge on any atom is 0.241 e. The highest BCUT2D eigenvalue weighted by atomic mass is 19.1. The topological polar surface area (TPSA) is 47.4 Å². The molecule has 5 heteroatoms. The fourth-order valence-electron chi connectivity index (χ4n) is 1.80. The summed E-state index contributed by atoms with van der Waals surface area (Å²) in [4.78, 5) is 14.7. The van der Waals surface area contributed by atoms with E-state index in [9.17, 15) is 9.18 Å². The van der Waals surface area contributed by atoms with Crippen LogP contribution in [0.15, 0.2) is 18.2 Å². The molecule has 0 unspecified atom stereocenters. The van der Waals surface area contributed by atoms with Crippen LogP contribution in [0.2, 0.25) is 0 Å². The van der Waals surface area contributed by atoms with E-state index in [0.29, 0.717) is 12.1 Å². The number of benzene rings is 1. The van der Waals surface area contributed by atoms with Gasteiger partial charge in [-0.25, -0.2) is 4.39 Å². The SMILES string of the molecule is CN(C)C(=O)CN1Cc2ccc(F)cc2C1=N. The number of hydrogen-bond donors (Lipinski definition) is 1. The fraction of sp³-hybridized carbons (Fsp3) is 0.333. The van der Waals surface area contributed by atoms with E-state index >= 15 is 0 Å². The number of amidine groups is 1. The van der Waals surface area contributed by atoms with Crippen LogP contribution in [0.1, 0.15) is 11.1 Å². The van der Waals surface area contributed by atoms with Gasteiger partial charge in [0.1, 0.15) is 11.7 Å². The lowest BCUT2D eigenvalue weighted by atomic mass is 10.1. The third-order valence-corrected chi connectivity index (χ3v) is 2.83. The van der Waals surface area contributed by atoms with Gasteiger partial charge in [0.05, 0.1) is 6.54 Å². The molecule has 0 spiro atoms. The average molecular weight is 235 g/mol. The standard InChI is InChI=1S/C12H14FN3O/c1-15(2)11(17)7-16-6-8-3-4-9(13)5-10(8)12(16)14/h3-5,14H,6-7H2,1-2H3. The molecule has 0 aliphatic carbocycles. The molecule has 1 N–H and O–H groups in total. The van der Waals surface area contributed by atoms with Gasteiger partial charge >= 0.3 is 0 Å². The van der Waals surface area contributed by atoms with Crippen molar-refractivity contribution in [1.29, 1.82) is 5.41 Å². The number of amides is 1. The molecule has 0 bridgehead atoms. The monoisotopic (exact) mass is 235 g/mol. The number of halogens is 1. The number of rotatable bonds is 2. The van der Waals surface area contributed by atoms with Crippen molar-refractivity contribution >= 4 is 11.7 Å². The summed E-state index contributed by atoms with van der Waals surface area (Å²) in [6.45, 7) is 0.649. The van der Waals surface area contributed by atoms with Gasteiger partial charge in [-0.2, -0.15) is 0 Å². The van der Waals surface area contributed by atoms with Crippen molar-refractivity contribution in [2.75, 3.05) is 20.6 Å². The molecule has 1 heterocycles. The average Bonchev–Trinajstić information content (AvgIpc) is 2.56. The quantitative estimate of drug-likeness (QED) is 0.833. The molecule has 0 saturated heterocycles. The summed E-state index contributed by atoms with van der Waals surface area (Å²) in [5.41, 5.74) is 1.47. The van der Waals surface area contributed by atoms with E-state index in [4.69, 9.17) is 5.41 Å². The zero-order chi connectivity index (χ0) is 12.6. The van der Waals surface area contributed by atoms with E-state index in [-0.39, 0.29) is 24.1 Å². The molecule has 1 aliphatic rings. The Balaban J connectivity index is 2.17.